The van der Waals surface area contributed by atoms with Gasteiger partial charge in [0.05, 0.1) is 6.54 Å². The lowest BCUT2D eigenvalue weighted by Crippen LogP contribution is -2.15. The van der Waals surface area contributed by atoms with Crippen molar-refractivity contribution in [3.63, 3.8) is 0 Å². The van der Waals surface area contributed by atoms with E-state index in [2.05, 4.69) is 29.7 Å². The molecule has 4 rings (SSSR count). The number of nitrogens with one attached hydrogen (secondary N) is 1. The van der Waals surface area contributed by atoms with E-state index in [1.807, 2.05) is 0 Å². The molecule has 2 aromatic heterocycles. The Balaban J connectivity index is 1.59. The summed E-state index contributed by atoms with van der Waals surface area (Å²) in [4.78, 5) is 3.79. The van der Waals surface area contributed by atoms with Gasteiger partial charge < -0.3 is 0 Å². The van der Waals surface area contributed by atoms with Crippen LogP contribution in [-0.2, 0) is 16.6 Å². The molecule has 0 aliphatic carbocycles. The molecule has 11 heteroatoms. The van der Waals surface area contributed by atoms with Gasteiger partial charge in [0.25, 0.3) is 16.0 Å². The first-order valence-electron chi connectivity index (χ1n) is 7.40. The van der Waals surface area contributed by atoms with Crippen LogP contribution in [0.25, 0.3) is 11.0 Å². The number of anilines is 1. The SMILES string of the molecule is O=S(=O)(Nc1ncn(Cc2ccccc2F)n1)c1cccc2nonc12. The van der Waals surface area contributed by atoms with Crippen molar-refractivity contribution in [1.82, 2.24) is 25.1 Å². The zero-order chi connectivity index (χ0) is 18.1. The summed E-state index contributed by atoms with van der Waals surface area (Å²) in [6.07, 6.45) is 1.31. The van der Waals surface area contributed by atoms with Gasteiger partial charge in [0.2, 0.25) is 0 Å². The Hall–Kier alpha value is -3.34. The Kier molecular flexibility index (Phi) is 3.84. The van der Waals surface area contributed by atoms with Crippen LogP contribution in [0.5, 0.6) is 0 Å². The predicted octanol–water partition coefficient (Wildman–Crippen LogP) is 1.80. The van der Waals surface area contributed by atoms with Crippen molar-refractivity contribution < 1.29 is 17.4 Å². The maximum atomic E-state index is 13.7. The molecule has 2 aromatic carbocycles. The Bertz CT molecular complexity index is 1190. The Morgan fingerprint density at radius 2 is 1.96 bits per heavy atom. The average molecular weight is 374 g/mol. The molecule has 0 bridgehead atoms. The van der Waals surface area contributed by atoms with Gasteiger partial charge in [-0.2, -0.15) is 4.98 Å². The number of rotatable bonds is 5. The van der Waals surface area contributed by atoms with E-state index in [-0.39, 0.29) is 28.7 Å². The number of hydrogen-bond donors (Lipinski definition) is 1. The van der Waals surface area contributed by atoms with Crippen molar-refractivity contribution in [3.8, 4) is 0 Å². The van der Waals surface area contributed by atoms with Gasteiger partial charge in [-0.3, -0.25) is 0 Å². The molecule has 0 aliphatic rings. The average Bonchev–Trinajstić information content (AvgIpc) is 3.25. The highest BCUT2D eigenvalue weighted by Crippen LogP contribution is 2.21. The van der Waals surface area contributed by atoms with Crippen molar-refractivity contribution in [2.24, 2.45) is 0 Å². The fraction of sp³-hybridized carbons (Fsp3) is 0.0667. The molecule has 1 N–H and O–H groups in total. The van der Waals surface area contributed by atoms with E-state index in [1.54, 1.807) is 24.3 Å². The first-order valence-corrected chi connectivity index (χ1v) is 8.88. The third kappa shape index (κ3) is 2.99. The van der Waals surface area contributed by atoms with Crippen molar-refractivity contribution in [3.05, 3.63) is 60.2 Å². The normalized spacial score (nSPS) is 11.7. The van der Waals surface area contributed by atoms with Gasteiger partial charge >= 0.3 is 0 Å². The van der Waals surface area contributed by atoms with E-state index in [1.165, 1.54) is 29.2 Å². The standard InChI is InChI=1S/C15H11FN6O3S/c16-11-5-2-1-4-10(11)8-22-9-17-15(18-22)21-26(23,24)13-7-3-6-12-14(13)20-25-19-12/h1-7,9H,8H2,(H,18,21). The molecule has 0 spiro atoms. The molecule has 0 aliphatic heterocycles. The summed E-state index contributed by atoms with van der Waals surface area (Å²) in [5.41, 5.74) is 0.821. The zero-order valence-corrected chi connectivity index (χ0v) is 13.9. The minimum atomic E-state index is -4.00. The predicted molar refractivity (Wildman–Crippen MR) is 88.1 cm³/mol. The molecule has 132 valence electrons. The molecule has 9 nitrogen and oxygen atoms in total. The molecule has 0 unspecified atom stereocenters. The summed E-state index contributed by atoms with van der Waals surface area (Å²) in [7, 11) is -4.00. The molecule has 4 aromatic rings. The molecule has 0 fully saturated rings. The van der Waals surface area contributed by atoms with E-state index in [9.17, 15) is 12.8 Å². The largest absolute Gasteiger partial charge is 0.266 e. The van der Waals surface area contributed by atoms with Crippen molar-refractivity contribution in [2.75, 3.05) is 4.72 Å². The number of halogens is 1. The number of sulfonamides is 1. The summed E-state index contributed by atoms with van der Waals surface area (Å²) < 4.78 is 47.0. The van der Waals surface area contributed by atoms with Gasteiger partial charge in [0.15, 0.2) is 5.52 Å². The summed E-state index contributed by atoms with van der Waals surface area (Å²) in [6, 6.07) is 10.7. The summed E-state index contributed by atoms with van der Waals surface area (Å²) >= 11 is 0. The highest BCUT2D eigenvalue weighted by Gasteiger charge is 2.22. The lowest BCUT2D eigenvalue weighted by atomic mass is 10.2. The minimum Gasteiger partial charge on any atom is -0.246 e. The fourth-order valence-corrected chi connectivity index (χ4v) is 3.49. The molecule has 0 radical (unpaired) electrons. The highest BCUT2D eigenvalue weighted by atomic mass is 32.2. The monoisotopic (exact) mass is 374 g/mol. The topological polar surface area (TPSA) is 116 Å². The number of hydrogen-bond acceptors (Lipinski definition) is 7. The Labute approximate surface area is 146 Å². The van der Waals surface area contributed by atoms with Crippen LogP contribution < -0.4 is 4.72 Å². The van der Waals surface area contributed by atoms with E-state index < -0.39 is 10.0 Å². The molecular weight excluding hydrogens is 363 g/mol. The van der Waals surface area contributed by atoms with Crippen molar-refractivity contribution >= 4 is 27.0 Å². The van der Waals surface area contributed by atoms with Gasteiger partial charge in [-0.25, -0.2) is 26.8 Å². The fourth-order valence-electron chi connectivity index (χ4n) is 2.39. The van der Waals surface area contributed by atoms with Crippen molar-refractivity contribution in [1.29, 1.82) is 0 Å². The van der Waals surface area contributed by atoms with Crippen LogP contribution in [0.3, 0.4) is 0 Å². The Morgan fingerprint density at radius 1 is 1.12 bits per heavy atom. The third-order valence-corrected chi connectivity index (χ3v) is 4.95. The first kappa shape index (κ1) is 16.1. The van der Waals surface area contributed by atoms with Gasteiger partial charge in [-0.15, -0.1) is 5.10 Å². The summed E-state index contributed by atoms with van der Waals surface area (Å²) in [6.45, 7) is 0.115. The van der Waals surface area contributed by atoms with Gasteiger partial charge in [0, 0.05) is 5.56 Å². The maximum Gasteiger partial charge on any atom is 0.266 e. The van der Waals surface area contributed by atoms with E-state index in [4.69, 9.17) is 0 Å². The van der Waals surface area contributed by atoms with Crippen LogP contribution in [0, 0.1) is 5.82 Å². The van der Waals surface area contributed by atoms with E-state index >= 15 is 0 Å². The maximum absolute atomic E-state index is 13.7. The quantitative estimate of drug-likeness (QED) is 0.566. The molecule has 0 saturated heterocycles. The second-order valence-corrected chi connectivity index (χ2v) is 7.00. The van der Waals surface area contributed by atoms with Crippen LogP contribution in [0.1, 0.15) is 5.56 Å². The molecule has 0 atom stereocenters. The lowest BCUT2D eigenvalue weighted by molar-refractivity contribution is 0.315. The zero-order valence-electron chi connectivity index (χ0n) is 13.1. The van der Waals surface area contributed by atoms with Gasteiger partial charge in [-0.1, -0.05) is 24.3 Å². The number of benzene rings is 2. The molecular formula is C15H11FN6O3S. The molecule has 0 amide bonds. The van der Waals surface area contributed by atoms with E-state index in [0.29, 0.717) is 11.1 Å². The van der Waals surface area contributed by atoms with Gasteiger partial charge in [0.1, 0.15) is 22.6 Å². The third-order valence-electron chi connectivity index (χ3n) is 3.59. The van der Waals surface area contributed by atoms with Crippen molar-refractivity contribution in [2.45, 2.75) is 11.4 Å². The second-order valence-electron chi connectivity index (χ2n) is 5.35. The smallest absolute Gasteiger partial charge is 0.246 e. The van der Waals surface area contributed by atoms with Crippen LogP contribution in [-0.4, -0.2) is 33.5 Å². The van der Waals surface area contributed by atoms with Gasteiger partial charge in [-0.05, 0) is 28.5 Å². The van der Waals surface area contributed by atoms with Crippen LogP contribution in [0.15, 0.2) is 58.3 Å². The summed E-state index contributed by atoms with van der Waals surface area (Å²) in [5, 5.41) is 11.2. The first-order chi connectivity index (χ1) is 12.5. The van der Waals surface area contributed by atoms with Crippen LogP contribution >= 0.6 is 0 Å². The number of fused-ring (bicyclic) bond motifs is 1. The van der Waals surface area contributed by atoms with Crippen LogP contribution in [0.4, 0.5) is 10.3 Å². The number of aromatic nitrogens is 5. The Morgan fingerprint density at radius 3 is 2.81 bits per heavy atom. The molecule has 0 saturated carbocycles. The number of nitrogens with zero attached hydrogens (tertiary/aromatic N) is 5. The summed E-state index contributed by atoms with van der Waals surface area (Å²) in [5.74, 6) is -0.523. The minimum absolute atomic E-state index is 0.103. The highest BCUT2D eigenvalue weighted by molar-refractivity contribution is 7.93. The molecule has 26 heavy (non-hydrogen) atoms. The second kappa shape index (κ2) is 6.19. The molecule has 2 heterocycles. The van der Waals surface area contributed by atoms with E-state index in [0.717, 1.165) is 0 Å². The lowest BCUT2D eigenvalue weighted by Gasteiger charge is -2.04. The van der Waals surface area contributed by atoms with Crippen LogP contribution in [0.2, 0.25) is 0 Å².